The van der Waals surface area contributed by atoms with Crippen molar-refractivity contribution in [2.45, 2.75) is 0 Å². The smallest absolute Gasteiger partial charge is 0.231 e. The molecule has 0 amide bonds. The molecule has 62 heavy (non-hydrogen) atoms. The average molecular weight is 795 g/mol. The van der Waals surface area contributed by atoms with Crippen LogP contribution in [0.25, 0.3) is 123 Å². The molecular formula is C56H34N4O2. The molecule has 6 nitrogen and oxygen atoms in total. The van der Waals surface area contributed by atoms with Crippen molar-refractivity contribution in [3.63, 3.8) is 0 Å². The molecule has 12 aromatic rings. The van der Waals surface area contributed by atoms with Gasteiger partial charge in [-0.05, 0) is 45.5 Å². The Hall–Kier alpha value is -8.48. The molecule has 290 valence electrons. The summed E-state index contributed by atoms with van der Waals surface area (Å²) in [4.78, 5) is 20.9. The number of rotatable bonds is 7. The van der Waals surface area contributed by atoms with Gasteiger partial charge in [0, 0.05) is 33.0 Å². The molecule has 0 saturated heterocycles. The SMILES string of the molecule is c1ccc(-c2ccc(-c3nc(-c4ccccc4-c4ccccc4-c4nc(-c5ccc(-c6ccccc6)cc5)nc5oc6ccccc6c45)c4c(n3)oc3ccccc34)cc2)cc1. The molecular weight excluding hydrogens is 761 g/mol. The van der Waals surface area contributed by atoms with Gasteiger partial charge in [0.2, 0.25) is 11.4 Å². The largest absolute Gasteiger partial charge is 0.438 e. The first kappa shape index (κ1) is 35.5. The lowest BCUT2D eigenvalue weighted by Crippen LogP contribution is -1.98. The lowest BCUT2D eigenvalue weighted by molar-refractivity contribution is 0.653. The van der Waals surface area contributed by atoms with E-state index < -0.39 is 0 Å². The zero-order chi connectivity index (χ0) is 41.0. The van der Waals surface area contributed by atoms with E-state index in [0.717, 1.165) is 99.7 Å². The van der Waals surface area contributed by atoms with Gasteiger partial charge in [0.1, 0.15) is 11.2 Å². The zero-order valence-electron chi connectivity index (χ0n) is 33.2. The summed E-state index contributed by atoms with van der Waals surface area (Å²) in [7, 11) is 0. The monoisotopic (exact) mass is 794 g/mol. The number of para-hydroxylation sites is 2. The molecule has 0 fully saturated rings. The summed E-state index contributed by atoms with van der Waals surface area (Å²) < 4.78 is 13.0. The van der Waals surface area contributed by atoms with Gasteiger partial charge in [-0.3, -0.25) is 0 Å². The Morgan fingerprint density at radius 3 is 1.00 bits per heavy atom. The molecule has 8 aromatic carbocycles. The molecule has 0 unspecified atom stereocenters. The van der Waals surface area contributed by atoms with E-state index in [4.69, 9.17) is 28.8 Å². The average Bonchev–Trinajstić information content (AvgIpc) is 3.93. The summed E-state index contributed by atoms with van der Waals surface area (Å²) in [6.07, 6.45) is 0. The Kier molecular flexibility index (Phi) is 8.38. The molecule has 0 bridgehead atoms. The van der Waals surface area contributed by atoms with Gasteiger partial charge in [-0.1, -0.05) is 194 Å². The summed E-state index contributed by atoms with van der Waals surface area (Å²) in [5, 5.41) is 3.64. The van der Waals surface area contributed by atoms with Crippen LogP contribution in [0.5, 0.6) is 0 Å². The zero-order valence-corrected chi connectivity index (χ0v) is 33.2. The van der Waals surface area contributed by atoms with E-state index in [9.17, 15) is 0 Å². The van der Waals surface area contributed by atoms with E-state index in [1.807, 2.05) is 48.5 Å². The predicted octanol–water partition coefficient (Wildman–Crippen LogP) is 14.7. The minimum atomic E-state index is 0.534. The van der Waals surface area contributed by atoms with E-state index in [2.05, 4.69) is 158 Å². The number of hydrogen-bond acceptors (Lipinski definition) is 6. The first-order valence-corrected chi connectivity index (χ1v) is 20.6. The number of aromatic nitrogens is 4. The number of fused-ring (bicyclic) bond motifs is 6. The molecule has 4 heterocycles. The van der Waals surface area contributed by atoms with Crippen LogP contribution >= 0.6 is 0 Å². The highest BCUT2D eigenvalue weighted by atomic mass is 16.3. The lowest BCUT2D eigenvalue weighted by Gasteiger charge is -2.16. The van der Waals surface area contributed by atoms with Gasteiger partial charge < -0.3 is 8.83 Å². The number of furan rings is 2. The highest BCUT2D eigenvalue weighted by Gasteiger charge is 2.24. The number of benzene rings is 8. The Bertz CT molecular complexity index is 3370. The maximum atomic E-state index is 6.50. The van der Waals surface area contributed by atoms with E-state index in [1.54, 1.807) is 0 Å². The molecule has 12 rings (SSSR count). The maximum Gasteiger partial charge on any atom is 0.231 e. The van der Waals surface area contributed by atoms with Crippen molar-refractivity contribution < 1.29 is 8.83 Å². The van der Waals surface area contributed by atoms with Gasteiger partial charge in [0.25, 0.3) is 0 Å². The summed E-state index contributed by atoms with van der Waals surface area (Å²) in [6, 6.07) is 70.6. The standard InChI is InChI=1S/C56H34N4O2/c1-3-15-35(16-4-1)37-27-31-39(32-28-37)53-57-51(49-45-23-11-13-25-47(45)61-55(49)59-53)43-21-9-7-19-41(43)42-20-8-10-22-44(42)52-50-46-24-12-14-26-48(46)62-56(50)60-54(58-52)40-33-29-38(30-34-40)36-17-5-2-6-18-36/h1-34H. The molecule has 0 radical (unpaired) electrons. The van der Waals surface area contributed by atoms with Crippen LogP contribution in [-0.2, 0) is 0 Å². The van der Waals surface area contributed by atoms with E-state index in [-0.39, 0.29) is 0 Å². The Morgan fingerprint density at radius 2 is 0.581 bits per heavy atom. The van der Waals surface area contributed by atoms with Gasteiger partial charge in [0.15, 0.2) is 11.6 Å². The first-order valence-electron chi connectivity index (χ1n) is 20.6. The quantitative estimate of drug-likeness (QED) is 0.160. The van der Waals surface area contributed by atoms with Crippen molar-refractivity contribution in [1.82, 2.24) is 19.9 Å². The van der Waals surface area contributed by atoms with Crippen LogP contribution in [0.2, 0.25) is 0 Å². The Morgan fingerprint density at radius 1 is 0.258 bits per heavy atom. The molecule has 4 aromatic heterocycles. The highest BCUT2D eigenvalue weighted by molar-refractivity contribution is 6.14. The maximum absolute atomic E-state index is 6.50. The van der Waals surface area contributed by atoms with Crippen LogP contribution in [0.15, 0.2) is 215 Å². The first-order chi connectivity index (χ1) is 30.7. The fraction of sp³-hybridized carbons (Fsp3) is 0. The Balaban J connectivity index is 1.06. The molecule has 6 heteroatoms. The third-order valence-corrected chi connectivity index (χ3v) is 11.6. The number of nitrogens with zero attached hydrogens (tertiary/aromatic N) is 4. The molecule has 0 saturated carbocycles. The van der Waals surface area contributed by atoms with Gasteiger partial charge in [-0.15, -0.1) is 0 Å². The van der Waals surface area contributed by atoms with E-state index in [1.165, 1.54) is 0 Å². The molecule has 0 N–H and O–H groups in total. The van der Waals surface area contributed by atoms with Crippen molar-refractivity contribution in [3.05, 3.63) is 206 Å². The molecule has 0 spiro atoms. The van der Waals surface area contributed by atoms with Crippen molar-refractivity contribution in [1.29, 1.82) is 0 Å². The second-order valence-corrected chi connectivity index (χ2v) is 15.3. The second kappa shape index (κ2) is 14.7. The van der Waals surface area contributed by atoms with Crippen LogP contribution in [0.1, 0.15) is 0 Å². The lowest BCUT2D eigenvalue weighted by atomic mass is 9.90. The van der Waals surface area contributed by atoms with Crippen LogP contribution in [0.3, 0.4) is 0 Å². The van der Waals surface area contributed by atoms with Gasteiger partial charge in [-0.2, -0.15) is 9.97 Å². The van der Waals surface area contributed by atoms with E-state index in [0.29, 0.717) is 23.1 Å². The van der Waals surface area contributed by atoms with E-state index >= 15 is 0 Å². The van der Waals surface area contributed by atoms with Crippen molar-refractivity contribution in [2.24, 2.45) is 0 Å². The topological polar surface area (TPSA) is 77.8 Å². The molecule has 0 aliphatic heterocycles. The van der Waals surface area contributed by atoms with Crippen LogP contribution < -0.4 is 0 Å². The minimum Gasteiger partial charge on any atom is -0.438 e. The van der Waals surface area contributed by atoms with Crippen molar-refractivity contribution in [3.8, 4) is 78.7 Å². The van der Waals surface area contributed by atoms with Crippen LogP contribution in [0.4, 0.5) is 0 Å². The van der Waals surface area contributed by atoms with Crippen molar-refractivity contribution in [2.75, 3.05) is 0 Å². The van der Waals surface area contributed by atoms with Gasteiger partial charge in [0.05, 0.1) is 22.2 Å². The summed E-state index contributed by atoms with van der Waals surface area (Å²) in [5.41, 5.74) is 14.4. The third kappa shape index (κ3) is 6.04. The summed E-state index contributed by atoms with van der Waals surface area (Å²) in [6.45, 7) is 0. The third-order valence-electron chi connectivity index (χ3n) is 11.6. The Labute approximate surface area is 356 Å². The predicted molar refractivity (Wildman–Crippen MR) is 250 cm³/mol. The minimum absolute atomic E-state index is 0.534. The van der Waals surface area contributed by atoms with Crippen molar-refractivity contribution >= 4 is 44.1 Å². The second-order valence-electron chi connectivity index (χ2n) is 15.3. The molecule has 0 aliphatic carbocycles. The van der Waals surface area contributed by atoms with Crippen LogP contribution in [-0.4, -0.2) is 19.9 Å². The fourth-order valence-corrected chi connectivity index (χ4v) is 8.63. The summed E-state index contributed by atoms with van der Waals surface area (Å²) in [5.74, 6) is 1.17. The van der Waals surface area contributed by atoms with Gasteiger partial charge in [-0.25, -0.2) is 9.97 Å². The number of hydrogen-bond donors (Lipinski definition) is 0. The van der Waals surface area contributed by atoms with Crippen LogP contribution in [0, 0.1) is 0 Å². The summed E-state index contributed by atoms with van der Waals surface area (Å²) >= 11 is 0. The molecule has 0 atom stereocenters. The van der Waals surface area contributed by atoms with Gasteiger partial charge >= 0.3 is 0 Å². The fourth-order valence-electron chi connectivity index (χ4n) is 8.63. The highest BCUT2D eigenvalue weighted by Crippen LogP contribution is 2.45. The normalized spacial score (nSPS) is 11.5. The molecule has 0 aliphatic rings.